The van der Waals surface area contributed by atoms with Crippen LogP contribution in [-0.2, 0) is 0 Å². The van der Waals surface area contributed by atoms with E-state index in [1.807, 2.05) is 54.6 Å². The summed E-state index contributed by atoms with van der Waals surface area (Å²) in [7, 11) is 0. The maximum Gasteiger partial charge on any atom is 0.324 e. The Labute approximate surface area is 142 Å². The Balaban J connectivity index is 1.66. The van der Waals surface area contributed by atoms with Crippen molar-refractivity contribution in [1.29, 1.82) is 0 Å². The van der Waals surface area contributed by atoms with Gasteiger partial charge >= 0.3 is 5.00 Å². The molecular formula is C17H12N4O2S. The van der Waals surface area contributed by atoms with Gasteiger partial charge in [-0.15, -0.1) is 0 Å². The number of nitrogens with zero attached hydrogens (tertiary/aromatic N) is 4. The van der Waals surface area contributed by atoms with Crippen molar-refractivity contribution in [2.24, 2.45) is 15.2 Å². The number of azo groups is 1. The molecule has 7 heteroatoms. The van der Waals surface area contributed by atoms with E-state index in [1.54, 1.807) is 12.3 Å². The zero-order valence-electron chi connectivity index (χ0n) is 12.4. The smallest absolute Gasteiger partial charge is 0.258 e. The molecule has 0 aliphatic rings. The van der Waals surface area contributed by atoms with Gasteiger partial charge < -0.3 is 0 Å². The molecule has 0 saturated carbocycles. The number of benzene rings is 2. The highest BCUT2D eigenvalue weighted by atomic mass is 32.1. The molecule has 0 saturated heterocycles. The third-order valence-electron chi connectivity index (χ3n) is 3.02. The van der Waals surface area contributed by atoms with Crippen LogP contribution < -0.4 is 0 Å². The van der Waals surface area contributed by atoms with Crippen LogP contribution in [0.3, 0.4) is 0 Å². The van der Waals surface area contributed by atoms with E-state index < -0.39 is 4.92 Å². The lowest BCUT2D eigenvalue weighted by molar-refractivity contribution is -0.380. The zero-order chi connectivity index (χ0) is 16.8. The molecule has 0 amide bonds. The highest BCUT2D eigenvalue weighted by molar-refractivity contribution is 7.16. The van der Waals surface area contributed by atoms with Gasteiger partial charge in [-0.3, -0.25) is 15.1 Å². The molecule has 0 radical (unpaired) electrons. The summed E-state index contributed by atoms with van der Waals surface area (Å²) in [6, 6.07) is 19.9. The van der Waals surface area contributed by atoms with Gasteiger partial charge in [0.15, 0.2) is 0 Å². The van der Waals surface area contributed by atoms with Crippen molar-refractivity contribution < 1.29 is 4.92 Å². The van der Waals surface area contributed by atoms with Gasteiger partial charge in [-0.05, 0) is 42.5 Å². The van der Waals surface area contributed by atoms with E-state index in [0.29, 0.717) is 0 Å². The second-order valence-corrected chi connectivity index (χ2v) is 5.84. The standard InChI is InChI=1S/C17H12N4O2S/c22-21(23)17-11-10-16(24-17)12-18-13-6-8-15(9-7-13)20-19-14-4-2-1-3-5-14/h1-12H. The van der Waals surface area contributed by atoms with Gasteiger partial charge in [0.05, 0.1) is 26.9 Å². The lowest BCUT2D eigenvalue weighted by Gasteiger charge is -1.95. The molecule has 0 fully saturated rings. The van der Waals surface area contributed by atoms with E-state index in [9.17, 15) is 10.1 Å². The van der Waals surface area contributed by atoms with E-state index in [2.05, 4.69) is 15.2 Å². The summed E-state index contributed by atoms with van der Waals surface area (Å²) >= 11 is 1.09. The minimum absolute atomic E-state index is 0.105. The summed E-state index contributed by atoms with van der Waals surface area (Å²) in [4.78, 5) is 15.3. The van der Waals surface area contributed by atoms with Crippen molar-refractivity contribution in [2.75, 3.05) is 0 Å². The van der Waals surface area contributed by atoms with Crippen LogP contribution in [0.1, 0.15) is 4.88 Å². The Morgan fingerprint density at radius 3 is 2.08 bits per heavy atom. The van der Waals surface area contributed by atoms with Crippen LogP contribution >= 0.6 is 11.3 Å². The zero-order valence-corrected chi connectivity index (χ0v) is 13.3. The fourth-order valence-electron chi connectivity index (χ4n) is 1.86. The van der Waals surface area contributed by atoms with Crippen LogP contribution in [0.15, 0.2) is 82.0 Å². The van der Waals surface area contributed by atoms with E-state index in [-0.39, 0.29) is 5.00 Å². The molecular weight excluding hydrogens is 324 g/mol. The molecule has 3 rings (SSSR count). The predicted octanol–water partition coefficient (Wildman–Crippen LogP) is 5.82. The highest BCUT2D eigenvalue weighted by Crippen LogP contribution is 2.24. The average Bonchev–Trinajstić information content (AvgIpc) is 3.09. The fourth-order valence-corrected chi connectivity index (χ4v) is 2.56. The normalized spacial score (nSPS) is 11.3. The third-order valence-corrected chi connectivity index (χ3v) is 3.99. The maximum atomic E-state index is 10.6. The molecule has 0 aliphatic heterocycles. The summed E-state index contributed by atoms with van der Waals surface area (Å²) in [5.41, 5.74) is 2.26. The molecule has 0 atom stereocenters. The van der Waals surface area contributed by atoms with Crippen molar-refractivity contribution >= 4 is 39.6 Å². The largest absolute Gasteiger partial charge is 0.324 e. The van der Waals surface area contributed by atoms with Crippen molar-refractivity contribution in [3.63, 3.8) is 0 Å². The minimum atomic E-state index is -0.408. The van der Waals surface area contributed by atoms with Gasteiger partial charge in [-0.2, -0.15) is 10.2 Å². The molecule has 0 unspecified atom stereocenters. The fraction of sp³-hybridized carbons (Fsp3) is 0. The number of hydrogen-bond acceptors (Lipinski definition) is 6. The molecule has 118 valence electrons. The van der Waals surface area contributed by atoms with Crippen LogP contribution in [0.25, 0.3) is 0 Å². The molecule has 0 N–H and O–H groups in total. The van der Waals surface area contributed by atoms with Gasteiger partial charge in [-0.1, -0.05) is 29.5 Å². The Kier molecular flexibility index (Phi) is 4.83. The van der Waals surface area contributed by atoms with Crippen molar-refractivity contribution in [3.8, 4) is 0 Å². The van der Waals surface area contributed by atoms with E-state index in [0.717, 1.165) is 33.3 Å². The molecule has 1 heterocycles. The predicted molar refractivity (Wildman–Crippen MR) is 95.3 cm³/mol. The van der Waals surface area contributed by atoms with Gasteiger partial charge in [0.25, 0.3) is 0 Å². The van der Waals surface area contributed by atoms with Gasteiger partial charge in [-0.25, -0.2) is 0 Å². The Morgan fingerprint density at radius 2 is 1.46 bits per heavy atom. The first-order chi connectivity index (χ1) is 11.7. The average molecular weight is 336 g/mol. The number of nitro groups is 1. The van der Waals surface area contributed by atoms with E-state index >= 15 is 0 Å². The summed E-state index contributed by atoms with van der Waals surface area (Å²) < 4.78 is 0. The molecule has 0 spiro atoms. The van der Waals surface area contributed by atoms with E-state index in [1.165, 1.54) is 6.07 Å². The van der Waals surface area contributed by atoms with Crippen LogP contribution in [0, 0.1) is 10.1 Å². The number of thiophene rings is 1. The van der Waals surface area contributed by atoms with Crippen LogP contribution in [0.2, 0.25) is 0 Å². The van der Waals surface area contributed by atoms with Gasteiger partial charge in [0.2, 0.25) is 0 Å². The quantitative estimate of drug-likeness (QED) is 0.254. The number of rotatable bonds is 5. The summed E-state index contributed by atoms with van der Waals surface area (Å²) in [6.45, 7) is 0. The summed E-state index contributed by atoms with van der Waals surface area (Å²) in [5, 5.41) is 19.0. The molecule has 2 aromatic carbocycles. The summed E-state index contributed by atoms with van der Waals surface area (Å²) in [6.07, 6.45) is 1.61. The van der Waals surface area contributed by atoms with Crippen molar-refractivity contribution in [1.82, 2.24) is 0 Å². The van der Waals surface area contributed by atoms with Gasteiger partial charge in [0.1, 0.15) is 0 Å². The minimum Gasteiger partial charge on any atom is -0.258 e. The molecule has 24 heavy (non-hydrogen) atoms. The molecule has 6 nitrogen and oxygen atoms in total. The second-order valence-electron chi connectivity index (χ2n) is 4.74. The van der Waals surface area contributed by atoms with Crippen LogP contribution in [-0.4, -0.2) is 11.1 Å². The van der Waals surface area contributed by atoms with Crippen molar-refractivity contribution in [2.45, 2.75) is 0 Å². The molecule has 1 aromatic heterocycles. The first-order valence-electron chi connectivity index (χ1n) is 7.06. The Morgan fingerprint density at radius 1 is 0.833 bits per heavy atom. The Bertz CT molecular complexity index is 886. The van der Waals surface area contributed by atoms with E-state index in [4.69, 9.17) is 0 Å². The SMILES string of the molecule is O=[N+]([O-])c1ccc(C=Nc2ccc(N=Nc3ccccc3)cc2)s1. The second kappa shape index (κ2) is 7.38. The molecule has 0 aliphatic carbocycles. The van der Waals surface area contributed by atoms with Gasteiger partial charge in [0, 0.05) is 12.3 Å². The number of aliphatic imine (C=N–C) groups is 1. The van der Waals surface area contributed by atoms with Crippen LogP contribution in [0.5, 0.6) is 0 Å². The lowest BCUT2D eigenvalue weighted by Crippen LogP contribution is -1.80. The topological polar surface area (TPSA) is 80.2 Å². The van der Waals surface area contributed by atoms with Crippen LogP contribution in [0.4, 0.5) is 22.1 Å². The maximum absolute atomic E-state index is 10.6. The first kappa shape index (κ1) is 15.7. The highest BCUT2D eigenvalue weighted by Gasteiger charge is 2.07. The number of hydrogen-bond donors (Lipinski definition) is 0. The molecule has 3 aromatic rings. The van der Waals surface area contributed by atoms with Crippen molar-refractivity contribution in [3.05, 3.63) is 81.7 Å². The lowest BCUT2D eigenvalue weighted by atomic mass is 10.3. The monoisotopic (exact) mass is 336 g/mol. The third kappa shape index (κ3) is 4.17. The first-order valence-corrected chi connectivity index (χ1v) is 7.87. The Hall–Kier alpha value is -3.19. The summed E-state index contributed by atoms with van der Waals surface area (Å²) in [5.74, 6) is 0. The molecule has 0 bridgehead atoms.